The van der Waals surface area contributed by atoms with Crippen molar-refractivity contribution in [3.63, 3.8) is 0 Å². The van der Waals surface area contributed by atoms with Crippen LogP contribution < -0.4 is 5.73 Å². The summed E-state index contributed by atoms with van der Waals surface area (Å²) in [6.45, 7) is 4.65. The molecule has 0 bridgehead atoms. The number of carbonyl (C=O) groups is 1. The van der Waals surface area contributed by atoms with Gasteiger partial charge in [-0.1, -0.05) is 24.3 Å². The average Bonchev–Trinajstić information content (AvgIpc) is 2.46. The maximum absolute atomic E-state index is 12.8. The molecule has 0 saturated heterocycles. The number of rotatable bonds is 4. The van der Waals surface area contributed by atoms with Crippen molar-refractivity contribution in [1.82, 2.24) is 4.90 Å². The van der Waals surface area contributed by atoms with Crippen molar-refractivity contribution in [2.24, 2.45) is 0 Å². The molecule has 0 spiro atoms. The summed E-state index contributed by atoms with van der Waals surface area (Å²) in [5.74, 6) is 0.0619. The van der Waals surface area contributed by atoms with Gasteiger partial charge in [-0.15, -0.1) is 0 Å². The van der Waals surface area contributed by atoms with E-state index >= 15 is 0 Å². The summed E-state index contributed by atoms with van der Waals surface area (Å²) in [5.41, 5.74) is 8.27. The quantitative estimate of drug-likeness (QED) is 0.631. The molecule has 0 radical (unpaired) electrons. The van der Waals surface area contributed by atoms with Crippen LogP contribution in [0.4, 0.5) is 5.69 Å². The van der Waals surface area contributed by atoms with Crippen LogP contribution in [-0.2, 0) is 6.54 Å². The van der Waals surface area contributed by atoms with Crippen LogP contribution in [0.1, 0.15) is 29.8 Å². The number of hydrogen-bond donors (Lipinski definition) is 1. The van der Waals surface area contributed by atoms with Crippen LogP contribution in [0.25, 0.3) is 0 Å². The van der Waals surface area contributed by atoms with Gasteiger partial charge in [-0.05, 0) is 66.3 Å². The summed E-state index contributed by atoms with van der Waals surface area (Å²) in [7, 11) is 0. The molecular weight excluding hydrogens is 375 g/mol. The van der Waals surface area contributed by atoms with Crippen LogP contribution in [0, 0.1) is 3.57 Å². The monoisotopic (exact) mass is 394 g/mol. The van der Waals surface area contributed by atoms with E-state index in [0.29, 0.717) is 6.54 Å². The minimum absolute atomic E-state index is 0.0619. The van der Waals surface area contributed by atoms with Crippen LogP contribution in [-0.4, -0.2) is 16.8 Å². The molecule has 0 saturated carbocycles. The van der Waals surface area contributed by atoms with Gasteiger partial charge in [-0.3, -0.25) is 4.79 Å². The Bertz CT molecular complexity index is 623. The fourth-order valence-electron chi connectivity index (χ4n) is 2.10. The Morgan fingerprint density at radius 3 is 2.33 bits per heavy atom. The minimum Gasteiger partial charge on any atom is -0.399 e. The Morgan fingerprint density at radius 1 is 1.14 bits per heavy atom. The molecule has 2 aromatic carbocycles. The van der Waals surface area contributed by atoms with E-state index in [1.165, 1.54) is 0 Å². The molecule has 0 fully saturated rings. The number of amides is 1. The van der Waals surface area contributed by atoms with Crippen molar-refractivity contribution in [2.75, 3.05) is 5.73 Å². The molecule has 1 amide bonds. The highest BCUT2D eigenvalue weighted by atomic mass is 127. The number of anilines is 1. The molecule has 0 unspecified atom stereocenters. The normalized spacial score (nSPS) is 10.7. The Hall–Kier alpha value is -1.56. The second-order valence-corrected chi connectivity index (χ2v) is 6.41. The molecule has 0 aliphatic carbocycles. The minimum atomic E-state index is 0.0619. The first-order valence-corrected chi connectivity index (χ1v) is 7.97. The number of halogens is 1. The summed E-state index contributed by atoms with van der Waals surface area (Å²) in [5, 5.41) is 0. The Morgan fingerprint density at radius 2 is 1.76 bits per heavy atom. The van der Waals surface area contributed by atoms with Crippen molar-refractivity contribution in [3.8, 4) is 0 Å². The van der Waals surface area contributed by atoms with Gasteiger partial charge in [-0.2, -0.15) is 0 Å². The topological polar surface area (TPSA) is 46.3 Å². The van der Waals surface area contributed by atoms with Gasteiger partial charge in [0.2, 0.25) is 0 Å². The fourth-order valence-corrected chi connectivity index (χ4v) is 2.72. The largest absolute Gasteiger partial charge is 0.399 e. The average molecular weight is 394 g/mol. The van der Waals surface area contributed by atoms with Gasteiger partial charge in [0.05, 0.1) is 5.56 Å². The summed E-state index contributed by atoms with van der Waals surface area (Å²) in [4.78, 5) is 14.7. The van der Waals surface area contributed by atoms with Gasteiger partial charge in [-0.25, -0.2) is 0 Å². The van der Waals surface area contributed by atoms with E-state index in [4.69, 9.17) is 5.73 Å². The van der Waals surface area contributed by atoms with E-state index in [1.54, 1.807) is 0 Å². The van der Waals surface area contributed by atoms with Gasteiger partial charge in [0.1, 0.15) is 0 Å². The van der Waals surface area contributed by atoms with Gasteiger partial charge in [0, 0.05) is 21.8 Å². The lowest BCUT2D eigenvalue weighted by Gasteiger charge is -2.27. The van der Waals surface area contributed by atoms with E-state index < -0.39 is 0 Å². The predicted molar refractivity (Wildman–Crippen MR) is 95.0 cm³/mol. The molecular formula is C17H19IN2O. The van der Waals surface area contributed by atoms with Crippen molar-refractivity contribution in [1.29, 1.82) is 0 Å². The zero-order valence-electron chi connectivity index (χ0n) is 12.2. The van der Waals surface area contributed by atoms with Gasteiger partial charge < -0.3 is 10.6 Å². The number of nitrogen functional groups attached to an aromatic ring is 1. The van der Waals surface area contributed by atoms with E-state index in [9.17, 15) is 4.79 Å². The molecule has 0 heterocycles. The number of nitrogens with two attached hydrogens (primary N) is 1. The molecule has 0 aromatic heterocycles. The standard InChI is InChI=1S/C17H19IN2O/c1-12(2)20(11-13-7-9-14(19)10-8-13)17(21)15-5-3-4-6-16(15)18/h3-10,12H,11,19H2,1-2H3. The molecule has 2 aromatic rings. The fraction of sp³-hybridized carbons (Fsp3) is 0.235. The molecule has 110 valence electrons. The molecule has 2 rings (SSSR count). The Labute approximate surface area is 139 Å². The van der Waals surface area contributed by atoms with E-state index in [0.717, 1.165) is 20.4 Å². The summed E-state index contributed by atoms with van der Waals surface area (Å²) in [6, 6.07) is 15.5. The highest BCUT2D eigenvalue weighted by Gasteiger charge is 2.20. The van der Waals surface area contributed by atoms with E-state index in [-0.39, 0.29) is 11.9 Å². The number of nitrogens with zero attached hydrogens (tertiary/aromatic N) is 1. The van der Waals surface area contributed by atoms with Crippen molar-refractivity contribution >= 4 is 34.2 Å². The third kappa shape index (κ3) is 3.97. The van der Waals surface area contributed by atoms with Crippen molar-refractivity contribution in [2.45, 2.75) is 26.4 Å². The van der Waals surface area contributed by atoms with Crippen molar-refractivity contribution < 1.29 is 4.79 Å². The molecule has 3 nitrogen and oxygen atoms in total. The number of carbonyl (C=O) groups excluding carboxylic acids is 1. The van der Waals surface area contributed by atoms with Gasteiger partial charge in [0.25, 0.3) is 5.91 Å². The van der Waals surface area contributed by atoms with Gasteiger partial charge >= 0.3 is 0 Å². The Kier molecular flexibility index (Phi) is 5.22. The Balaban J connectivity index is 2.25. The third-order valence-electron chi connectivity index (χ3n) is 3.32. The van der Waals surface area contributed by atoms with Crippen LogP contribution >= 0.6 is 22.6 Å². The smallest absolute Gasteiger partial charge is 0.255 e. The van der Waals surface area contributed by atoms with Crippen LogP contribution in [0.2, 0.25) is 0 Å². The summed E-state index contributed by atoms with van der Waals surface area (Å²) in [6.07, 6.45) is 0. The third-order valence-corrected chi connectivity index (χ3v) is 4.26. The number of hydrogen-bond acceptors (Lipinski definition) is 2. The molecule has 2 N–H and O–H groups in total. The summed E-state index contributed by atoms with van der Waals surface area (Å²) < 4.78 is 0.975. The number of benzene rings is 2. The first-order chi connectivity index (χ1) is 9.99. The highest BCUT2D eigenvalue weighted by Crippen LogP contribution is 2.18. The van der Waals surface area contributed by atoms with Crippen LogP contribution in [0.15, 0.2) is 48.5 Å². The molecule has 0 aliphatic heterocycles. The van der Waals surface area contributed by atoms with Crippen molar-refractivity contribution in [3.05, 3.63) is 63.2 Å². The lowest BCUT2D eigenvalue weighted by atomic mass is 10.1. The molecule has 21 heavy (non-hydrogen) atoms. The maximum atomic E-state index is 12.8. The maximum Gasteiger partial charge on any atom is 0.255 e. The lowest BCUT2D eigenvalue weighted by Crippen LogP contribution is -2.36. The summed E-state index contributed by atoms with van der Waals surface area (Å²) >= 11 is 2.20. The second kappa shape index (κ2) is 6.93. The molecule has 0 atom stereocenters. The second-order valence-electron chi connectivity index (χ2n) is 5.25. The van der Waals surface area contributed by atoms with Crippen LogP contribution in [0.5, 0.6) is 0 Å². The predicted octanol–water partition coefficient (Wildman–Crippen LogP) is 3.92. The highest BCUT2D eigenvalue weighted by molar-refractivity contribution is 14.1. The first-order valence-electron chi connectivity index (χ1n) is 6.89. The first kappa shape index (κ1) is 15.8. The van der Waals surface area contributed by atoms with E-state index in [2.05, 4.69) is 22.6 Å². The van der Waals surface area contributed by atoms with Gasteiger partial charge in [0.15, 0.2) is 0 Å². The zero-order chi connectivity index (χ0) is 15.4. The van der Waals surface area contributed by atoms with Crippen LogP contribution in [0.3, 0.4) is 0 Å². The zero-order valence-corrected chi connectivity index (χ0v) is 14.4. The molecule has 4 heteroatoms. The molecule has 0 aliphatic rings. The lowest BCUT2D eigenvalue weighted by molar-refractivity contribution is 0.0689. The van der Waals surface area contributed by atoms with E-state index in [1.807, 2.05) is 67.3 Å². The SMILES string of the molecule is CC(C)N(Cc1ccc(N)cc1)C(=O)c1ccccc1I.